The van der Waals surface area contributed by atoms with E-state index in [1.807, 2.05) is 0 Å². The summed E-state index contributed by atoms with van der Waals surface area (Å²) in [5, 5.41) is 9.27. The molecule has 1 aromatic carbocycles. The predicted molar refractivity (Wildman–Crippen MR) is 129 cm³/mol. The van der Waals surface area contributed by atoms with Crippen LogP contribution in [0.15, 0.2) is 43.1 Å². The van der Waals surface area contributed by atoms with Gasteiger partial charge >= 0.3 is 0 Å². The van der Waals surface area contributed by atoms with E-state index >= 15 is 0 Å². The fourth-order valence-corrected chi connectivity index (χ4v) is 4.37. The lowest BCUT2D eigenvalue weighted by Crippen LogP contribution is -2.45. The predicted octanol–water partition coefficient (Wildman–Crippen LogP) is 2.89. The van der Waals surface area contributed by atoms with Crippen molar-refractivity contribution in [3.8, 4) is 5.75 Å². The summed E-state index contributed by atoms with van der Waals surface area (Å²) in [6, 6.07) is 7.05. The number of ether oxygens (including phenoxy) is 2. The van der Waals surface area contributed by atoms with Crippen molar-refractivity contribution >= 4 is 23.3 Å². The third-order valence-corrected chi connectivity index (χ3v) is 6.09. The summed E-state index contributed by atoms with van der Waals surface area (Å²) in [7, 11) is 1.61. The number of aromatic nitrogens is 1. The van der Waals surface area contributed by atoms with Crippen LogP contribution in [0.25, 0.3) is 0 Å². The maximum atomic E-state index is 14.9. The highest BCUT2D eigenvalue weighted by atomic mass is 19.1. The number of hydrogen-bond donors (Lipinski definition) is 3. The van der Waals surface area contributed by atoms with Crippen LogP contribution in [0.4, 0.5) is 15.9 Å². The van der Waals surface area contributed by atoms with E-state index in [-0.39, 0.29) is 28.9 Å². The van der Waals surface area contributed by atoms with Crippen LogP contribution in [0.1, 0.15) is 41.3 Å². The highest BCUT2D eigenvalue weighted by molar-refractivity contribution is 6.04. The van der Waals surface area contributed by atoms with E-state index < -0.39 is 17.9 Å². The monoisotopic (exact) mass is 483 g/mol. The van der Waals surface area contributed by atoms with Gasteiger partial charge in [-0.3, -0.25) is 14.9 Å². The molecule has 3 N–H and O–H groups in total. The molecule has 1 saturated heterocycles. The van der Waals surface area contributed by atoms with Crippen LogP contribution >= 0.6 is 0 Å². The summed E-state index contributed by atoms with van der Waals surface area (Å²) in [6.45, 7) is 5.60. The molecule has 0 spiro atoms. The fraction of sp³-hybridized carbons (Fsp3) is 0.400. The van der Waals surface area contributed by atoms with E-state index in [0.29, 0.717) is 37.7 Å². The molecule has 2 amide bonds. The van der Waals surface area contributed by atoms with Crippen molar-refractivity contribution in [3.63, 3.8) is 0 Å². The van der Waals surface area contributed by atoms with Crippen LogP contribution in [0.3, 0.4) is 0 Å². The maximum Gasteiger partial charge on any atom is 0.257 e. The van der Waals surface area contributed by atoms with Gasteiger partial charge in [0.25, 0.3) is 5.91 Å². The van der Waals surface area contributed by atoms with E-state index in [1.54, 1.807) is 36.3 Å². The lowest BCUT2D eigenvalue weighted by atomic mass is 10.1. The summed E-state index contributed by atoms with van der Waals surface area (Å²) in [4.78, 5) is 30.9. The Morgan fingerprint density at radius 2 is 2.11 bits per heavy atom. The Labute approximate surface area is 203 Å². The molecule has 9 nitrogen and oxygen atoms in total. The number of amides is 2. The van der Waals surface area contributed by atoms with Crippen LogP contribution < -0.4 is 20.7 Å². The van der Waals surface area contributed by atoms with Crippen molar-refractivity contribution in [2.24, 2.45) is 0 Å². The molecule has 2 aromatic rings. The Kier molecular flexibility index (Phi) is 7.94. The first-order chi connectivity index (χ1) is 17.0. The molecule has 2 aliphatic heterocycles. The largest absolute Gasteiger partial charge is 0.491 e. The summed E-state index contributed by atoms with van der Waals surface area (Å²) in [6.07, 6.45) is 4.30. The molecule has 4 rings (SSSR count). The van der Waals surface area contributed by atoms with Gasteiger partial charge in [0.2, 0.25) is 5.91 Å². The molecule has 0 saturated carbocycles. The standard InChI is InChI=1S/C25H30FN5O4/c1-3-20(32)31-11-5-4-6-17(15-31)29-24-21-19(26)14-27-23(22(21)25(33)30-24)28-16-7-9-18(10-8-16)35-13-12-34-2/h3,7-10,14,17,24,29H,1,4-6,11-13,15H2,2H3,(H,27,28)(H,30,33). The molecule has 186 valence electrons. The molecule has 1 aromatic heterocycles. The first-order valence-corrected chi connectivity index (χ1v) is 11.7. The van der Waals surface area contributed by atoms with Gasteiger partial charge in [-0.15, -0.1) is 0 Å². The van der Waals surface area contributed by atoms with E-state index in [1.165, 1.54) is 6.08 Å². The lowest BCUT2D eigenvalue weighted by molar-refractivity contribution is -0.126. The van der Waals surface area contributed by atoms with Gasteiger partial charge in [0.1, 0.15) is 30.2 Å². The second-order valence-electron chi connectivity index (χ2n) is 8.49. The van der Waals surface area contributed by atoms with Crippen molar-refractivity contribution in [3.05, 3.63) is 60.1 Å². The lowest BCUT2D eigenvalue weighted by Gasteiger charge is -2.27. The molecular formula is C25H30FN5O4. The number of nitrogens with zero attached hydrogens (tertiary/aromatic N) is 2. The number of pyridine rings is 1. The zero-order valence-electron chi connectivity index (χ0n) is 19.7. The molecular weight excluding hydrogens is 453 g/mol. The minimum atomic E-state index is -0.721. The van der Waals surface area contributed by atoms with Gasteiger partial charge in [-0.1, -0.05) is 13.0 Å². The number of halogens is 1. The molecule has 0 radical (unpaired) electrons. The average Bonchev–Trinajstić information content (AvgIpc) is 3.03. The summed E-state index contributed by atoms with van der Waals surface area (Å²) >= 11 is 0. The maximum absolute atomic E-state index is 14.9. The minimum absolute atomic E-state index is 0.104. The fourth-order valence-electron chi connectivity index (χ4n) is 4.37. The van der Waals surface area contributed by atoms with Crippen molar-refractivity contribution in [1.82, 2.24) is 20.5 Å². The van der Waals surface area contributed by atoms with E-state index in [0.717, 1.165) is 25.5 Å². The number of benzene rings is 1. The molecule has 35 heavy (non-hydrogen) atoms. The molecule has 3 heterocycles. The Morgan fingerprint density at radius 1 is 1.31 bits per heavy atom. The number of rotatable bonds is 9. The molecule has 10 heteroatoms. The topological polar surface area (TPSA) is 105 Å². The SMILES string of the molecule is C=CC(=O)N1CCCCC(NC2NC(=O)c3c(Nc4ccc(OCCOC)cc4)ncc(F)c32)C1. The molecule has 2 unspecified atom stereocenters. The molecule has 2 atom stereocenters. The molecule has 0 aliphatic carbocycles. The first-order valence-electron chi connectivity index (χ1n) is 11.7. The second kappa shape index (κ2) is 11.3. The van der Waals surface area contributed by atoms with Gasteiger partial charge in [0, 0.05) is 37.5 Å². The van der Waals surface area contributed by atoms with Gasteiger partial charge in [-0.2, -0.15) is 0 Å². The highest BCUT2D eigenvalue weighted by Crippen LogP contribution is 2.33. The number of hydrogen-bond acceptors (Lipinski definition) is 7. The van der Waals surface area contributed by atoms with Gasteiger partial charge < -0.3 is 25.0 Å². The summed E-state index contributed by atoms with van der Waals surface area (Å²) in [5.41, 5.74) is 1.06. The third kappa shape index (κ3) is 5.77. The third-order valence-electron chi connectivity index (χ3n) is 6.09. The number of methoxy groups -OCH3 is 1. The van der Waals surface area contributed by atoms with Crippen LogP contribution in [0.2, 0.25) is 0 Å². The van der Waals surface area contributed by atoms with E-state index in [9.17, 15) is 14.0 Å². The Balaban J connectivity index is 1.50. The molecule has 0 bridgehead atoms. The normalized spacial score (nSPS) is 19.5. The number of anilines is 2. The van der Waals surface area contributed by atoms with Gasteiger partial charge in [0.15, 0.2) is 0 Å². The summed E-state index contributed by atoms with van der Waals surface area (Å²) in [5.74, 6) is -0.179. The van der Waals surface area contributed by atoms with Crippen LogP contribution in [-0.4, -0.2) is 61.2 Å². The van der Waals surface area contributed by atoms with Crippen LogP contribution in [-0.2, 0) is 9.53 Å². The summed E-state index contributed by atoms with van der Waals surface area (Å²) < 4.78 is 25.4. The van der Waals surface area contributed by atoms with Gasteiger partial charge in [-0.25, -0.2) is 9.37 Å². The minimum Gasteiger partial charge on any atom is -0.491 e. The smallest absolute Gasteiger partial charge is 0.257 e. The van der Waals surface area contributed by atoms with Crippen molar-refractivity contribution in [2.75, 3.05) is 38.7 Å². The van der Waals surface area contributed by atoms with E-state index in [4.69, 9.17) is 9.47 Å². The number of nitrogens with one attached hydrogen (secondary N) is 3. The number of likely N-dealkylation sites (tertiary alicyclic amines) is 1. The van der Waals surface area contributed by atoms with Crippen molar-refractivity contribution < 1.29 is 23.5 Å². The van der Waals surface area contributed by atoms with Crippen LogP contribution in [0, 0.1) is 5.82 Å². The van der Waals surface area contributed by atoms with Gasteiger partial charge in [-0.05, 0) is 43.2 Å². The van der Waals surface area contributed by atoms with Gasteiger partial charge in [0.05, 0.1) is 18.4 Å². The van der Waals surface area contributed by atoms with Crippen LogP contribution in [0.5, 0.6) is 5.75 Å². The Morgan fingerprint density at radius 3 is 2.86 bits per heavy atom. The Hall–Kier alpha value is -3.50. The number of fused-ring (bicyclic) bond motifs is 1. The molecule has 2 aliphatic rings. The zero-order chi connectivity index (χ0) is 24.8. The number of carbonyl (C=O) groups is 2. The highest BCUT2D eigenvalue weighted by Gasteiger charge is 2.36. The average molecular weight is 484 g/mol. The molecule has 1 fully saturated rings. The van der Waals surface area contributed by atoms with E-state index in [2.05, 4.69) is 27.5 Å². The quantitative estimate of drug-likeness (QED) is 0.372. The first kappa shape index (κ1) is 24.6. The zero-order valence-corrected chi connectivity index (χ0v) is 19.7. The van der Waals surface area contributed by atoms with Crippen molar-refractivity contribution in [2.45, 2.75) is 31.5 Å². The Bertz CT molecular complexity index is 1080. The second-order valence-corrected chi connectivity index (χ2v) is 8.49. The van der Waals surface area contributed by atoms with Crippen molar-refractivity contribution in [1.29, 1.82) is 0 Å². The number of carbonyl (C=O) groups excluding carboxylic acids is 2.